The number of hydrogen-bond donors (Lipinski definition) is 1. The first-order valence-electron chi connectivity index (χ1n) is 8.95. The summed E-state index contributed by atoms with van der Waals surface area (Å²) in [5, 5.41) is 10.3. The van der Waals surface area contributed by atoms with Gasteiger partial charge in [-0.3, -0.25) is 9.36 Å². The molecule has 1 heterocycles. The number of aliphatic hydroxyl groups excluding tert-OH is 1. The second kappa shape index (κ2) is 6.46. The predicted octanol–water partition coefficient (Wildman–Crippen LogP) is 2.14. The quantitative estimate of drug-likeness (QED) is 0.900. The second-order valence-electron chi connectivity index (χ2n) is 7.27. The Bertz CT molecular complexity index is 880. The molecule has 2 fully saturated rings. The summed E-state index contributed by atoms with van der Waals surface area (Å²) in [6, 6.07) is 1.79. The molecular formula is C19H24N2O5. The van der Waals surface area contributed by atoms with Crippen molar-refractivity contribution in [2.75, 3.05) is 21.3 Å². The maximum absolute atomic E-state index is 13.2. The minimum atomic E-state index is -0.182. The number of hydrogen-bond acceptors (Lipinski definition) is 6. The van der Waals surface area contributed by atoms with Gasteiger partial charge in [0.1, 0.15) is 5.52 Å². The molecule has 1 N–H and O–H groups in total. The summed E-state index contributed by atoms with van der Waals surface area (Å²) in [4.78, 5) is 17.7. The molecule has 4 atom stereocenters. The van der Waals surface area contributed by atoms with Crippen LogP contribution in [0.3, 0.4) is 0 Å². The second-order valence-corrected chi connectivity index (χ2v) is 7.27. The number of rotatable bonds is 4. The van der Waals surface area contributed by atoms with Crippen molar-refractivity contribution in [3.8, 4) is 17.2 Å². The Morgan fingerprint density at radius 2 is 1.69 bits per heavy atom. The zero-order valence-corrected chi connectivity index (χ0v) is 15.3. The lowest BCUT2D eigenvalue weighted by molar-refractivity contribution is 0.169. The van der Waals surface area contributed by atoms with E-state index in [1.807, 2.05) is 0 Å². The summed E-state index contributed by atoms with van der Waals surface area (Å²) >= 11 is 0. The molecule has 7 nitrogen and oxygen atoms in total. The van der Waals surface area contributed by atoms with Crippen molar-refractivity contribution in [1.82, 2.24) is 9.55 Å². The van der Waals surface area contributed by atoms with Gasteiger partial charge in [0, 0.05) is 6.04 Å². The molecule has 0 spiro atoms. The number of aliphatic hydroxyl groups is 1. The Kier molecular flexibility index (Phi) is 4.26. The van der Waals surface area contributed by atoms with Gasteiger partial charge in [0.2, 0.25) is 5.75 Å². The van der Waals surface area contributed by atoms with Crippen LogP contribution in [-0.2, 0) is 0 Å². The fraction of sp³-hybridized carbons (Fsp3) is 0.579. The van der Waals surface area contributed by atoms with Crippen LogP contribution in [0.1, 0.15) is 31.7 Å². The van der Waals surface area contributed by atoms with Gasteiger partial charge in [-0.05, 0) is 43.6 Å². The molecule has 0 saturated heterocycles. The highest BCUT2D eigenvalue weighted by molar-refractivity contribution is 5.89. The van der Waals surface area contributed by atoms with E-state index in [1.165, 1.54) is 21.3 Å². The molecule has 140 valence electrons. The van der Waals surface area contributed by atoms with Gasteiger partial charge >= 0.3 is 0 Å². The highest BCUT2D eigenvalue weighted by atomic mass is 16.5. The van der Waals surface area contributed by atoms with E-state index in [0.29, 0.717) is 40.0 Å². The van der Waals surface area contributed by atoms with Crippen molar-refractivity contribution in [2.24, 2.45) is 11.8 Å². The lowest BCUT2D eigenvalue weighted by Gasteiger charge is -2.18. The van der Waals surface area contributed by atoms with Crippen molar-refractivity contribution in [3.05, 3.63) is 22.7 Å². The Morgan fingerprint density at radius 3 is 2.27 bits per heavy atom. The van der Waals surface area contributed by atoms with E-state index in [2.05, 4.69) is 4.98 Å². The number of fused-ring (bicyclic) bond motifs is 2. The molecule has 0 bridgehead atoms. The first-order chi connectivity index (χ1) is 12.6. The van der Waals surface area contributed by atoms with Crippen LogP contribution in [0.4, 0.5) is 0 Å². The van der Waals surface area contributed by atoms with Crippen LogP contribution < -0.4 is 19.8 Å². The number of nitrogens with zero attached hydrogens (tertiary/aromatic N) is 2. The van der Waals surface area contributed by atoms with Gasteiger partial charge in [-0.1, -0.05) is 0 Å². The van der Waals surface area contributed by atoms with E-state index in [0.717, 1.165) is 25.7 Å². The normalized spacial score (nSPS) is 27.5. The van der Waals surface area contributed by atoms with Gasteiger partial charge in [0.25, 0.3) is 5.56 Å². The van der Waals surface area contributed by atoms with E-state index in [4.69, 9.17) is 14.2 Å². The van der Waals surface area contributed by atoms with E-state index < -0.39 is 0 Å². The molecule has 7 heteroatoms. The van der Waals surface area contributed by atoms with Gasteiger partial charge < -0.3 is 19.3 Å². The lowest BCUT2D eigenvalue weighted by Crippen LogP contribution is -2.25. The summed E-state index contributed by atoms with van der Waals surface area (Å²) in [6.45, 7) is 0. The number of aromatic nitrogens is 2. The van der Waals surface area contributed by atoms with Crippen LogP contribution in [0.15, 0.2) is 17.2 Å². The lowest BCUT2D eigenvalue weighted by atomic mass is 10.0. The zero-order valence-electron chi connectivity index (χ0n) is 15.3. The van der Waals surface area contributed by atoms with Gasteiger partial charge in [-0.15, -0.1) is 0 Å². The first-order valence-corrected chi connectivity index (χ1v) is 8.95. The Hall–Kier alpha value is -2.28. The predicted molar refractivity (Wildman–Crippen MR) is 96.2 cm³/mol. The van der Waals surface area contributed by atoms with Crippen LogP contribution in [-0.4, -0.2) is 42.1 Å². The third-order valence-electron chi connectivity index (χ3n) is 5.94. The summed E-state index contributed by atoms with van der Waals surface area (Å²) < 4.78 is 17.9. The molecular weight excluding hydrogens is 336 g/mol. The molecule has 0 radical (unpaired) electrons. The molecule has 1 aromatic heterocycles. The molecule has 2 unspecified atom stereocenters. The van der Waals surface area contributed by atoms with Crippen molar-refractivity contribution in [2.45, 2.75) is 37.8 Å². The average molecular weight is 360 g/mol. The maximum atomic E-state index is 13.2. The van der Waals surface area contributed by atoms with Gasteiger partial charge in [0.05, 0.1) is 39.1 Å². The Morgan fingerprint density at radius 1 is 1.04 bits per heavy atom. The minimum absolute atomic E-state index is 0.0974. The SMILES string of the molecule is COc1cc2c(=O)n(C3C[C@H]4CC(O)C[C@H]4C3)cnc2c(OC)c1OC. The van der Waals surface area contributed by atoms with Crippen LogP contribution in [0, 0.1) is 11.8 Å². The van der Waals surface area contributed by atoms with Gasteiger partial charge in [-0.2, -0.15) is 0 Å². The van der Waals surface area contributed by atoms with Crippen LogP contribution in [0.25, 0.3) is 10.9 Å². The molecule has 2 saturated carbocycles. The molecule has 0 aliphatic heterocycles. The van der Waals surface area contributed by atoms with E-state index in [-0.39, 0.29) is 17.7 Å². The highest BCUT2D eigenvalue weighted by Crippen LogP contribution is 2.48. The highest BCUT2D eigenvalue weighted by Gasteiger charge is 2.42. The molecule has 2 aliphatic rings. The number of methoxy groups -OCH3 is 3. The standard InChI is InChI=1S/C19H24N2O5/c1-24-15-8-14-16(18(26-3)17(15)25-2)20-9-21(19(14)23)12-4-10-6-13(22)7-11(10)5-12/h8-13,22H,4-7H2,1-3H3/t10-,11+,12?,13?. The smallest absolute Gasteiger partial charge is 0.261 e. The fourth-order valence-electron chi connectivity index (χ4n) is 4.78. The zero-order chi connectivity index (χ0) is 18.4. The molecule has 26 heavy (non-hydrogen) atoms. The topological polar surface area (TPSA) is 82.8 Å². The van der Waals surface area contributed by atoms with Crippen molar-refractivity contribution in [3.63, 3.8) is 0 Å². The maximum Gasteiger partial charge on any atom is 0.261 e. The van der Waals surface area contributed by atoms with Crippen molar-refractivity contribution in [1.29, 1.82) is 0 Å². The third kappa shape index (κ3) is 2.53. The average Bonchev–Trinajstić information content (AvgIpc) is 3.17. The Labute approximate surface area is 151 Å². The summed E-state index contributed by atoms with van der Waals surface area (Å²) in [7, 11) is 4.58. The van der Waals surface area contributed by atoms with Crippen LogP contribution in [0.2, 0.25) is 0 Å². The van der Waals surface area contributed by atoms with Crippen LogP contribution in [0.5, 0.6) is 17.2 Å². The summed E-state index contributed by atoms with van der Waals surface area (Å²) in [5.74, 6) is 2.27. The van der Waals surface area contributed by atoms with E-state index in [9.17, 15) is 9.90 Å². The summed E-state index contributed by atoms with van der Waals surface area (Å²) in [5.41, 5.74) is 0.375. The largest absolute Gasteiger partial charge is 0.493 e. The molecule has 0 amide bonds. The Balaban J connectivity index is 1.79. The van der Waals surface area contributed by atoms with Crippen LogP contribution >= 0.6 is 0 Å². The molecule has 2 aliphatic carbocycles. The number of benzene rings is 1. The van der Waals surface area contributed by atoms with Gasteiger partial charge in [0.15, 0.2) is 11.5 Å². The monoisotopic (exact) mass is 360 g/mol. The summed E-state index contributed by atoms with van der Waals surface area (Å²) in [6.07, 6.45) is 4.95. The van der Waals surface area contributed by atoms with E-state index >= 15 is 0 Å². The van der Waals surface area contributed by atoms with E-state index in [1.54, 1.807) is 17.0 Å². The first kappa shape index (κ1) is 17.1. The molecule has 2 aromatic rings. The van der Waals surface area contributed by atoms with Crippen molar-refractivity contribution >= 4 is 10.9 Å². The third-order valence-corrected chi connectivity index (χ3v) is 5.94. The van der Waals surface area contributed by atoms with Crippen molar-refractivity contribution < 1.29 is 19.3 Å². The fourth-order valence-corrected chi connectivity index (χ4v) is 4.78. The number of ether oxygens (including phenoxy) is 3. The molecule has 1 aromatic carbocycles. The minimum Gasteiger partial charge on any atom is -0.493 e. The van der Waals surface area contributed by atoms with Gasteiger partial charge in [-0.25, -0.2) is 4.98 Å². The molecule has 4 rings (SSSR count).